The van der Waals surface area contributed by atoms with E-state index in [0.29, 0.717) is 0 Å². The summed E-state index contributed by atoms with van der Waals surface area (Å²) in [5, 5.41) is 14.8. The molecule has 0 aliphatic carbocycles. The molecule has 1 unspecified atom stereocenters. The molecule has 2 heterocycles. The van der Waals surface area contributed by atoms with Crippen molar-refractivity contribution in [2.24, 2.45) is 7.05 Å². The maximum absolute atomic E-state index is 10.6. The molecule has 4 heteroatoms. The predicted octanol–water partition coefficient (Wildman–Crippen LogP) is 0.723. The lowest BCUT2D eigenvalue weighted by Crippen LogP contribution is -2.30. The first-order chi connectivity index (χ1) is 7.12. The summed E-state index contributed by atoms with van der Waals surface area (Å²) in [4.78, 5) is 2.27. The van der Waals surface area contributed by atoms with Crippen molar-refractivity contribution in [1.29, 1.82) is 0 Å². The van der Waals surface area contributed by atoms with Crippen molar-refractivity contribution in [3.05, 3.63) is 18.0 Å². The minimum absolute atomic E-state index is 0.685. The van der Waals surface area contributed by atoms with Crippen molar-refractivity contribution in [3.63, 3.8) is 0 Å². The Kier molecular flexibility index (Phi) is 2.80. The first-order valence-corrected chi connectivity index (χ1v) is 5.51. The molecule has 15 heavy (non-hydrogen) atoms. The molecule has 84 valence electrons. The van der Waals surface area contributed by atoms with Crippen LogP contribution in [0.1, 0.15) is 25.0 Å². The first kappa shape index (κ1) is 10.6. The highest BCUT2D eigenvalue weighted by atomic mass is 16.3. The summed E-state index contributed by atoms with van der Waals surface area (Å²) < 4.78 is 1.78. The monoisotopic (exact) mass is 209 g/mol. The number of nitrogens with zero attached hydrogens (tertiary/aromatic N) is 3. The molecule has 4 nitrogen and oxygen atoms in total. The maximum atomic E-state index is 10.6. The van der Waals surface area contributed by atoms with E-state index in [1.807, 2.05) is 13.1 Å². The van der Waals surface area contributed by atoms with Crippen molar-refractivity contribution in [3.8, 4) is 0 Å². The molecule has 1 aromatic heterocycles. The minimum Gasteiger partial charge on any atom is -0.384 e. The van der Waals surface area contributed by atoms with Crippen LogP contribution in [0.3, 0.4) is 0 Å². The summed E-state index contributed by atoms with van der Waals surface area (Å²) in [5.74, 6) is 0. The van der Waals surface area contributed by atoms with Crippen molar-refractivity contribution >= 4 is 0 Å². The Hall–Kier alpha value is -0.870. The third-order valence-corrected chi connectivity index (χ3v) is 3.33. The molecule has 2 rings (SSSR count). The highest BCUT2D eigenvalue weighted by Gasteiger charge is 2.33. The maximum Gasteiger partial charge on any atom is 0.107 e. The fraction of sp³-hybridized carbons (Fsp3) is 0.727. The van der Waals surface area contributed by atoms with E-state index >= 15 is 0 Å². The largest absolute Gasteiger partial charge is 0.384 e. The fourth-order valence-electron chi connectivity index (χ4n) is 2.34. The fourth-order valence-corrected chi connectivity index (χ4v) is 2.34. The lowest BCUT2D eigenvalue weighted by atomic mass is 9.91. The van der Waals surface area contributed by atoms with Crippen LogP contribution >= 0.6 is 0 Å². The van der Waals surface area contributed by atoms with E-state index in [4.69, 9.17) is 0 Å². The van der Waals surface area contributed by atoms with Gasteiger partial charge < -0.3 is 10.0 Å². The topological polar surface area (TPSA) is 41.3 Å². The number of hydrogen-bond donors (Lipinski definition) is 1. The predicted molar refractivity (Wildman–Crippen MR) is 58.5 cm³/mol. The summed E-state index contributed by atoms with van der Waals surface area (Å²) in [6.07, 6.45) is 4.42. The minimum atomic E-state index is -0.685. The van der Waals surface area contributed by atoms with Crippen LogP contribution in [0.25, 0.3) is 0 Å². The van der Waals surface area contributed by atoms with Crippen LogP contribution in [0.2, 0.25) is 0 Å². The number of aryl methyl sites for hydroxylation is 1. The Morgan fingerprint density at radius 1 is 1.33 bits per heavy atom. The van der Waals surface area contributed by atoms with Gasteiger partial charge in [-0.15, -0.1) is 0 Å². The van der Waals surface area contributed by atoms with Crippen molar-refractivity contribution in [2.75, 3.05) is 20.1 Å². The van der Waals surface area contributed by atoms with Gasteiger partial charge >= 0.3 is 0 Å². The standard InChI is InChI=1S/C11H19N3O/c1-13-8-3-5-11(15,6-9-13)10-4-7-12-14(10)2/h4,7,15H,3,5-6,8-9H2,1-2H3. The zero-order chi connectivity index (χ0) is 10.9. The Morgan fingerprint density at radius 2 is 2.13 bits per heavy atom. The number of rotatable bonds is 1. The van der Waals surface area contributed by atoms with Crippen LogP contribution < -0.4 is 0 Å². The molecular formula is C11H19N3O. The lowest BCUT2D eigenvalue weighted by molar-refractivity contribution is 0.0139. The van der Waals surface area contributed by atoms with Crippen LogP contribution in [0.15, 0.2) is 12.3 Å². The molecule has 1 aromatic rings. The Bertz CT molecular complexity index is 336. The average Bonchev–Trinajstić information content (AvgIpc) is 2.55. The van der Waals surface area contributed by atoms with Gasteiger partial charge in [-0.05, 0) is 38.9 Å². The van der Waals surface area contributed by atoms with E-state index in [1.54, 1.807) is 10.9 Å². The quantitative estimate of drug-likeness (QED) is 0.741. The summed E-state index contributed by atoms with van der Waals surface area (Å²) >= 11 is 0. The van der Waals surface area contributed by atoms with E-state index in [1.165, 1.54) is 0 Å². The molecule has 0 saturated carbocycles. The molecule has 0 amide bonds. The highest BCUT2D eigenvalue weighted by molar-refractivity contribution is 5.12. The summed E-state index contributed by atoms with van der Waals surface area (Å²) in [5.41, 5.74) is 0.258. The van der Waals surface area contributed by atoms with Gasteiger partial charge in [0.2, 0.25) is 0 Å². The van der Waals surface area contributed by atoms with Gasteiger partial charge in [-0.3, -0.25) is 4.68 Å². The van der Waals surface area contributed by atoms with Gasteiger partial charge in [0, 0.05) is 19.8 Å². The van der Waals surface area contributed by atoms with Crippen molar-refractivity contribution in [1.82, 2.24) is 14.7 Å². The summed E-state index contributed by atoms with van der Waals surface area (Å²) in [7, 11) is 4.00. The summed E-state index contributed by atoms with van der Waals surface area (Å²) in [6.45, 7) is 2.02. The van der Waals surface area contributed by atoms with Gasteiger partial charge in [-0.2, -0.15) is 5.10 Å². The first-order valence-electron chi connectivity index (χ1n) is 5.51. The second-order valence-corrected chi connectivity index (χ2v) is 4.53. The van der Waals surface area contributed by atoms with E-state index in [0.717, 1.165) is 38.0 Å². The Labute approximate surface area is 90.5 Å². The second-order valence-electron chi connectivity index (χ2n) is 4.53. The van der Waals surface area contributed by atoms with Gasteiger partial charge in [-0.25, -0.2) is 0 Å². The van der Waals surface area contributed by atoms with Crippen molar-refractivity contribution in [2.45, 2.75) is 24.9 Å². The highest BCUT2D eigenvalue weighted by Crippen LogP contribution is 2.31. The smallest absolute Gasteiger partial charge is 0.107 e. The van der Waals surface area contributed by atoms with Crippen LogP contribution in [-0.2, 0) is 12.6 Å². The molecule has 1 aliphatic heterocycles. The number of likely N-dealkylation sites (tertiary alicyclic amines) is 1. The van der Waals surface area contributed by atoms with Gasteiger partial charge in [0.25, 0.3) is 0 Å². The lowest BCUT2D eigenvalue weighted by Gasteiger charge is -2.26. The average molecular weight is 209 g/mol. The van der Waals surface area contributed by atoms with Crippen LogP contribution in [0.5, 0.6) is 0 Å². The number of aromatic nitrogens is 2. The Morgan fingerprint density at radius 3 is 2.80 bits per heavy atom. The van der Waals surface area contributed by atoms with Gasteiger partial charge in [-0.1, -0.05) is 0 Å². The van der Waals surface area contributed by atoms with Gasteiger partial charge in [0.1, 0.15) is 5.60 Å². The van der Waals surface area contributed by atoms with E-state index in [2.05, 4.69) is 17.0 Å². The van der Waals surface area contributed by atoms with E-state index in [-0.39, 0.29) is 0 Å². The third kappa shape index (κ3) is 2.06. The second kappa shape index (κ2) is 3.94. The van der Waals surface area contributed by atoms with E-state index in [9.17, 15) is 5.11 Å². The molecule has 0 bridgehead atoms. The SMILES string of the molecule is CN1CCCC(O)(c2ccnn2C)CC1. The summed E-state index contributed by atoms with van der Waals surface area (Å²) in [6, 6.07) is 1.92. The molecule has 0 radical (unpaired) electrons. The van der Waals surface area contributed by atoms with Crippen LogP contribution in [0.4, 0.5) is 0 Å². The third-order valence-electron chi connectivity index (χ3n) is 3.33. The molecular weight excluding hydrogens is 190 g/mol. The zero-order valence-corrected chi connectivity index (χ0v) is 9.48. The molecule has 1 fully saturated rings. The van der Waals surface area contributed by atoms with E-state index < -0.39 is 5.60 Å². The molecule has 1 atom stereocenters. The van der Waals surface area contributed by atoms with Gasteiger partial charge in [0.05, 0.1) is 5.69 Å². The normalized spacial score (nSPS) is 29.0. The molecule has 1 saturated heterocycles. The van der Waals surface area contributed by atoms with Gasteiger partial charge in [0.15, 0.2) is 0 Å². The number of aliphatic hydroxyl groups is 1. The van der Waals surface area contributed by atoms with Crippen LogP contribution in [-0.4, -0.2) is 39.9 Å². The van der Waals surface area contributed by atoms with Crippen molar-refractivity contribution < 1.29 is 5.11 Å². The molecule has 1 aliphatic rings. The molecule has 1 N–H and O–H groups in total. The number of hydrogen-bond acceptors (Lipinski definition) is 3. The molecule has 0 spiro atoms. The Balaban J connectivity index is 2.22. The molecule has 0 aromatic carbocycles. The zero-order valence-electron chi connectivity index (χ0n) is 9.48. The van der Waals surface area contributed by atoms with Crippen LogP contribution in [0, 0.1) is 0 Å².